The van der Waals surface area contributed by atoms with Crippen LogP contribution >= 0.6 is 11.3 Å². The molecule has 1 fully saturated rings. The molecule has 6 heteroatoms. The van der Waals surface area contributed by atoms with Crippen LogP contribution in [0.2, 0.25) is 0 Å². The van der Waals surface area contributed by atoms with Gasteiger partial charge >= 0.3 is 0 Å². The van der Waals surface area contributed by atoms with Crippen LogP contribution in [0.25, 0.3) is 10.2 Å². The number of aromatic nitrogens is 1. The Morgan fingerprint density at radius 1 is 1.12 bits per heavy atom. The summed E-state index contributed by atoms with van der Waals surface area (Å²) in [5, 5.41) is 1.02. The van der Waals surface area contributed by atoms with Crippen molar-refractivity contribution in [1.82, 2.24) is 9.88 Å². The first kappa shape index (κ1) is 16.8. The standard InChI is InChI=1S/C20H21N3O2S/c1-14-21-18-7-6-15(12-19(18)26-14)20(24)23-10-8-22(9-11-23)16-4-3-5-17(13-16)25-2/h3-7,12-13H,8-11H2,1-2H3. The molecule has 0 N–H and O–H groups in total. The van der Waals surface area contributed by atoms with Gasteiger partial charge in [-0.05, 0) is 37.3 Å². The lowest BCUT2D eigenvalue weighted by Crippen LogP contribution is -2.48. The Balaban J connectivity index is 1.45. The summed E-state index contributed by atoms with van der Waals surface area (Å²) in [6, 6.07) is 13.9. The van der Waals surface area contributed by atoms with Crippen LogP contribution in [0.15, 0.2) is 42.5 Å². The molecule has 134 valence electrons. The second-order valence-corrected chi connectivity index (χ2v) is 7.63. The maximum Gasteiger partial charge on any atom is 0.254 e. The molecule has 0 aliphatic carbocycles. The number of carbonyl (C=O) groups is 1. The van der Waals surface area contributed by atoms with Crippen molar-refractivity contribution in [1.29, 1.82) is 0 Å². The zero-order valence-corrected chi connectivity index (χ0v) is 15.8. The van der Waals surface area contributed by atoms with E-state index < -0.39 is 0 Å². The van der Waals surface area contributed by atoms with Gasteiger partial charge in [0.15, 0.2) is 0 Å². The quantitative estimate of drug-likeness (QED) is 0.710. The van der Waals surface area contributed by atoms with Gasteiger partial charge in [-0.3, -0.25) is 4.79 Å². The predicted molar refractivity (Wildman–Crippen MR) is 105 cm³/mol. The molecule has 0 spiro atoms. The van der Waals surface area contributed by atoms with E-state index >= 15 is 0 Å². The molecule has 0 radical (unpaired) electrons. The molecule has 26 heavy (non-hydrogen) atoms. The highest BCUT2D eigenvalue weighted by molar-refractivity contribution is 7.18. The minimum atomic E-state index is 0.100. The van der Waals surface area contributed by atoms with E-state index in [1.165, 1.54) is 0 Å². The number of piperazine rings is 1. The Labute approximate surface area is 156 Å². The Morgan fingerprint density at radius 3 is 2.69 bits per heavy atom. The third kappa shape index (κ3) is 3.24. The fraction of sp³-hybridized carbons (Fsp3) is 0.300. The molecule has 0 atom stereocenters. The zero-order chi connectivity index (χ0) is 18.1. The predicted octanol–water partition coefficient (Wildman–Crippen LogP) is 3.58. The van der Waals surface area contributed by atoms with Crippen molar-refractivity contribution in [3.05, 3.63) is 53.0 Å². The van der Waals surface area contributed by atoms with Gasteiger partial charge in [0.1, 0.15) is 5.75 Å². The maximum atomic E-state index is 12.9. The number of aryl methyl sites for hydroxylation is 1. The molecular weight excluding hydrogens is 346 g/mol. The van der Waals surface area contributed by atoms with Gasteiger partial charge in [-0.15, -0.1) is 11.3 Å². The first-order valence-electron chi connectivity index (χ1n) is 8.69. The molecule has 4 rings (SSSR count). The number of hydrogen-bond acceptors (Lipinski definition) is 5. The van der Waals surface area contributed by atoms with Crippen molar-refractivity contribution in [2.45, 2.75) is 6.92 Å². The van der Waals surface area contributed by atoms with E-state index in [0.717, 1.165) is 58.4 Å². The SMILES string of the molecule is COc1cccc(N2CCN(C(=O)c3ccc4nc(C)sc4c3)CC2)c1. The van der Waals surface area contributed by atoms with Gasteiger partial charge in [-0.25, -0.2) is 4.98 Å². The van der Waals surface area contributed by atoms with Crippen LogP contribution in [-0.2, 0) is 0 Å². The number of fused-ring (bicyclic) bond motifs is 1. The smallest absolute Gasteiger partial charge is 0.254 e. The van der Waals surface area contributed by atoms with E-state index in [-0.39, 0.29) is 5.91 Å². The lowest BCUT2D eigenvalue weighted by Gasteiger charge is -2.36. The minimum absolute atomic E-state index is 0.100. The first-order chi connectivity index (χ1) is 12.6. The third-order valence-corrected chi connectivity index (χ3v) is 5.66. The minimum Gasteiger partial charge on any atom is -0.497 e. The summed E-state index contributed by atoms with van der Waals surface area (Å²) in [7, 11) is 1.68. The summed E-state index contributed by atoms with van der Waals surface area (Å²) in [6.45, 7) is 5.07. The molecule has 3 aromatic rings. The number of rotatable bonds is 3. The van der Waals surface area contributed by atoms with E-state index in [4.69, 9.17) is 4.74 Å². The fourth-order valence-corrected chi connectivity index (χ4v) is 4.20. The Morgan fingerprint density at radius 2 is 1.92 bits per heavy atom. The number of benzene rings is 2. The Kier molecular flexibility index (Phi) is 4.51. The van der Waals surface area contributed by atoms with Crippen molar-refractivity contribution in [3.8, 4) is 5.75 Å². The molecule has 2 aromatic carbocycles. The average Bonchev–Trinajstić information content (AvgIpc) is 3.06. The molecule has 0 unspecified atom stereocenters. The highest BCUT2D eigenvalue weighted by Gasteiger charge is 2.23. The Hall–Kier alpha value is -2.60. The Bertz CT molecular complexity index is 945. The molecule has 1 saturated heterocycles. The summed E-state index contributed by atoms with van der Waals surface area (Å²) in [4.78, 5) is 21.6. The van der Waals surface area contributed by atoms with Gasteiger partial charge in [0.2, 0.25) is 0 Å². The second-order valence-electron chi connectivity index (χ2n) is 6.40. The summed E-state index contributed by atoms with van der Waals surface area (Å²) in [5.74, 6) is 0.956. The van der Waals surface area contributed by atoms with E-state index in [0.29, 0.717) is 0 Å². The van der Waals surface area contributed by atoms with Crippen molar-refractivity contribution in [2.75, 3.05) is 38.2 Å². The number of hydrogen-bond donors (Lipinski definition) is 0. The molecule has 5 nitrogen and oxygen atoms in total. The summed E-state index contributed by atoms with van der Waals surface area (Å²) >= 11 is 1.63. The van der Waals surface area contributed by atoms with E-state index in [9.17, 15) is 4.79 Å². The van der Waals surface area contributed by atoms with Crippen LogP contribution < -0.4 is 9.64 Å². The summed E-state index contributed by atoms with van der Waals surface area (Å²) < 4.78 is 6.38. The van der Waals surface area contributed by atoms with Gasteiger partial charge < -0.3 is 14.5 Å². The van der Waals surface area contributed by atoms with Gasteiger partial charge in [0, 0.05) is 43.5 Å². The van der Waals surface area contributed by atoms with Crippen LogP contribution in [0.5, 0.6) is 5.75 Å². The molecule has 1 aliphatic rings. The molecule has 0 bridgehead atoms. The number of nitrogens with zero attached hydrogens (tertiary/aromatic N) is 3. The summed E-state index contributed by atoms with van der Waals surface area (Å²) in [5.41, 5.74) is 2.85. The van der Waals surface area contributed by atoms with Crippen molar-refractivity contribution >= 4 is 33.1 Å². The number of amides is 1. The largest absolute Gasteiger partial charge is 0.497 e. The second kappa shape index (κ2) is 6.96. The number of anilines is 1. The molecule has 1 aromatic heterocycles. The molecule has 1 aliphatic heterocycles. The molecule has 1 amide bonds. The fourth-order valence-electron chi connectivity index (χ4n) is 3.33. The van der Waals surface area contributed by atoms with Crippen molar-refractivity contribution in [3.63, 3.8) is 0 Å². The normalized spacial score (nSPS) is 14.7. The number of carbonyl (C=O) groups excluding carboxylic acids is 1. The van der Waals surface area contributed by atoms with Crippen LogP contribution in [-0.4, -0.2) is 49.1 Å². The molecular formula is C20H21N3O2S. The lowest BCUT2D eigenvalue weighted by molar-refractivity contribution is 0.0747. The van der Waals surface area contributed by atoms with Crippen LogP contribution in [0.4, 0.5) is 5.69 Å². The maximum absolute atomic E-state index is 12.9. The van der Waals surface area contributed by atoms with E-state index in [1.54, 1.807) is 18.4 Å². The highest BCUT2D eigenvalue weighted by atomic mass is 32.1. The van der Waals surface area contributed by atoms with E-state index in [1.807, 2.05) is 48.2 Å². The monoisotopic (exact) mass is 367 g/mol. The highest BCUT2D eigenvalue weighted by Crippen LogP contribution is 2.25. The molecule has 0 saturated carbocycles. The topological polar surface area (TPSA) is 45.7 Å². The van der Waals surface area contributed by atoms with Crippen molar-refractivity contribution in [2.24, 2.45) is 0 Å². The van der Waals surface area contributed by atoms with Gasteiger partial charge in [-0.2, -0.15) is 0 Å². The van der Waals surface area contributed by atoms with Crippen LogP contribution in [0, 0.1) is 6.92 Å². The summed E-state index contributed by atoms with van der Waals surface area (Å²) in [6.07, 6.45) is 0. The third-order valence-electron chi connectivity index (χ3n) is 4.73. The number of methoxy groups -OCH3 is 1. The number of thiazole rings is 1. The van der Waals surface area contributed by atoms with Gasteiger partial charge in [0.05, 0.1) is 22.3 Å². The van der Waals surface area contributed by atoms with E-state index in [2.05, 4.69) is 16.0 Å². The lowest BCUT2D eigenvalue weighted by atomic mass is 10.1. The van der Waals surface area contributed by atoms with Crippen LogP contribution in [0.3, 0.4) is 0 Å². The number of ether oxygens (including phenoxy) is 1. The zero-order valence-electron chi connectivity index (χ0n) is 14.9. The van der Waals surface area contributed by atoms with Gasteiger partial charge in [-0.1, -0.05) is 6.07 Å². The van der Waals surface area contributed by atoms with Crippen molar-refractivity contribution < 1.29 is 9.53 Å². The first-order valence-corrected chi connectivity index (χ1v) is 9.51. The average molecular weight is 367 g/mol. The molecule has 2 heterocycles. The van der Waals surface area contributed by atoms with Gasteiger partial charge in [0.25, 0.3) is 5.91 Å². The van der Waals surface area contributed by atoms with Crippen LogP contribution in [0.1, 0.15) is 15.4 Å².